The SMILES string of the molecule is NCCCCn1nc(-c2cc3cc(OC(=O)C(F)(F)F)ccc3[nH]2)c2c(N)ncnc21. The van der Waals surface area contributed by atoms with Crippen molar-refractivity contribution in [1.29, 1.82) is 0 Å². The van der Waals surface area contributed by atoms with Gasteiger partial charge >= 0.3 is 12.1 Å². The van der Waals surface area contributed by atoms with E-state index in [1.54, 1.807) is 10.7 Å². The molecule has 0 atom stereocenters. The summed E-state index contributed by atoms with van der Waals surface area (Å²) in [5.74, 6) is -2.25. The van der Waals surface area contributed by atoms with Crippen molar-refractivity contribution in [3.63, 3.8) is 0 Å². The quantitative estimate of drug-likeness (QED) is 0.241. The lowest BCUT2D eigenvalue weighted by atomic mass is 10.2. The number of rotatable bonds is 6. The molecule has 12 heteroatoms. The van der Waals surface area contributed by atoms with Crippen LogP contribution in [0.5, 0.6) is 5.75 Å². The maximum absolute atomic E-state index is 12.5. The zero-order valence-corrected chi connectivity index (χ0v) is 16.1. The molecule has 1 aromatic carbocycles. The van der Waals surface area contributed by atoms with Crippen LogP contribution in [0.1, 0.15) is 12.8 Å². The van der Waals surface area contributed by atoms with Crippen LogP contribution in [0.4, 0.5) is 19.0 Å². The molecule has 5 N–H and O–H groups in total. The third-order valence-electron chi connectivity index (χ3n) is 4.67. The van der Waals surface area contributed by atoms with Crippen LogP contribution in [0.15, 0.2) is 30.6 Å². The number of alkyl halides is 3. The number of H-pyrrole nitrogens is 1. The molecular formula is C19H18F3N7O2. The Morgan fingerprint density at radius 2 is 2.00 bits per heavy atom. The number of unbranched alkanes of at least 4 members (excludes halogenated alkanes) is 1. The minimum Gasteiger partial charge on any atom is -0.420 e. The Morgan fingerprint density at radius 3 is 2.74 bits per heavy atom. The Morgan fingerprint density at radius 1 is 1.19 bits per heavy atom. The molecule has 9 nitrogen and oxygen atoms in total. The average Bonchev–Trinajstić information content (AvgIpc) is 3.29. The Hall–Kier alpha value is -3.67. The van der Waals surface area contributed by atoms with Crippen molar-refractivity contribution in [2.45, 2.75) is 25.6 Å². The molecule has 3 aromatic heterocycles. The zero-order valence-electron chi connectivity index (χ0n) is 16.1. The van der Waals surface area contributed by atoms with Crippen LogP contribution in [-0.2, 0) is 11.3 Å². The van der Waals surface area contributed by atoms with Crippen molar-refractivity contribution in [3.8, 4) is 17.1 Å². The van der Waals surface area contributed by atoms with Gasteiger partial charge in [-0.05, 0) is 43.7 Å². The average molecular weight is 433 g/mol. The highest BCUT2D eigenvalue weighted by Gasteiger charge is 2.41. The first-order chi connectivity index (χ1) is 14.8. The number of carbonyl (C=O) groups is 1. The molecule has 0 aliphatic rings. The highest BCUT2D eigenvalue weighted by molar-refractivity contribution is 6.00. The van der Waals surface area contributed by atoms with Gasteiger partial charge in [0.25, 0.3) is 0 Å². The molecular weight excluding hydrogens is 415 g/mol. The molecule has 4 aromatic rings. The molecule has 0 unspecified atom stereocenters. The van der Waals surface area contributed by atoms with Crippen LogP contribution in [0, 0.1) is 0 Å². The van der Waals surface area contributed by atoms with Gasteiger partial charge in [-0.1, -0.05) is 0 Å². The molecule has 0 aliphatic heterocycles. The first kappa shape index (κ1) is 20.6. The number of aromatic amines is 1. The summed E-state index contributed by atoms with van der Waals surface area (Å²) >= 11 is 0. The number of anilines is 1. The van der Waals surface area contributed by atoms with Crippen LogP contribution >= 0.6 is 0 Å². The smallest absolute Gasteiger partial charge is 0.420 e. The predicted molar refractivity (Wildman–Crippen MR) is 107 cm³/mol. The number of aromatic nitrogens is 5. The van der Waals surface area contributed by atoms with Crippen LogP contribution in [-0.4, -0.2) is 43.4 Å². The van der Waals surface area contributed by atoms with Crippen molar-refractivity contribution < 1.29 is 22.7 Å². The topological polar surface area (TPSA) is 138 Å². The molecule has 4 rings (SSSR count). The monoisotopic (exact) mass is 433 g/mol. The van der Waals surface area contributed by atoms with Crippen molar-refractivity contribution in [3.05, 3.63) is 30.6 Å². The summed E-state index contributed by atoms with van der Waals surface area (Å²) in [6, 6.07) is 5.79. The summed E-state index contributed by atoms with van der Waals surface area (Å²) in [4.78, 5) is 22.6. The molecule has 0 fully saturated rings. The van der Waals surface area contributed by atoms with E-state index >= 15 is 0 Å². The maximum Gasteiger partial charge on any atom is 0.491 e. The third-order valence-corrected chi connectivity index (χ3v) is 4.67. The Bertz CT molecular complexity index is 1260. The van der Waals surface area contributed by atoms with E-state index in [2.05, 4.69) is 24.8 Å². The van der Waals surface area contributed by atoms with Gasteiger partial charge in [0.1, 0.15) is 23.6 Å². The van der Waals surface area contributed by atoms with E-state index in [9.17, 15) is 18.0 Å². The normalized spacial score (nSPS) is 12.0. The first-order valence-electron chi connectivity index (χ1n) is 9.37. The van der Waals surface area contributed by atoms with E-state index in [1.165, 1.54) is 24.5 Å². The van der Waals surface area contributed by atoms with Crippen LogP contribution in [0.25, 0.3) is 33.3 Å². The predicted octanol–water partition coefficient (Wildman–Crippen LogP) is 2.76. The molecule has 0 saturated heterocycles. The number of nitrogens with zero attached hydrogens (tertiary/aromatic N) is 4. The van der Waals surface area contributed by atoms with Gasteiger partial charge in [-0.3, -0.25) is 0 Å². The van der Waals surface area contributed by atoms with E-state index < -0.39 is 12.1 Å². The molecule has 0 radical (unpaired) electrons. The van der Waals surface area contributed by atoms with Gasteiger partial charge < -0.3 is 21.2 Å². The van der Waals surface area contributed by atoms with E-state index in [0.717, 1.165) is 12.8 Å². The van der Waals surface area contributed by atoms with Gasteiger partial charge in [0, 0.05) is 17.4 Å². The number of hydrogen-bond donors (Lipinski definition) is 3. The van der Waals surface area contributed by atoms with Gasteiger partial charge in [0.05, 0.1) is 11.1 Å². The molecule has 0 saturated carbocycles. The summed E-state index contributed by atoms with van der Waals surface area (Å²) in [6.07, 6.45) is -2.10. The van der Waals surface area contributed by atoms with Gasteiger partial charge in [-0.15, -0.1) is 0 Å². The lowest BCUT2D eigenvalue weighted by Crippen LogP contribution is -2.27. The summed E-state index contributed by atoms with van der Waals surface area (Å²) in [6.45, 7) is 1.15. The van der Waals surface area contributed by atoms with E-state index in [4.69, 9.17) is 11.5 Å². The second-order valence-corrected chi connectivity index (χ2v) is 6.84. The number of aryl methyl sites for hydroxylation is 1. The Labute approximate surface area is 173 Å². The van der Waals surface area contributed by atoms with Gasteiger partial charge in [-0.2, -0.15) is 18.3 Å². The second kappa shape index (κ2) is 7.87. The van der Waals surface area contributed by atoms with Crippen molar-refractivity contribution in [2.75, 3.05) is 12.3 Å². The number of nitrogen functional groups attached to an aromatic ring is 1. The standard InChI is InChI=1S/C19H18F3N7O2/c20-19(21,22)18(30)31-11-3-4-12-10(7-11)8-13(27-12)15-14-16(24)25-9-26-17(14)29(28-15)6-2-1-5-23/h3-4,7-9,27H,1-2,5-6,23H2,(H2,24,25,26). The number of esters is 1. The number of benzene rings is 1. The number of ether oxygens (including phenoxy) is 1. The number of carbonyl (C=O) groups excluding carboxylic acids is 1. The minimum absolute atomic E-state index is 0.222. The summed E-state index contributed by atoms with van der Waals surface area (Å²) in [5, 5.41) is 5.71. The fourth-order valence-electron chi connectivity index (χ4n) is 3.25. The zero-order chi connectivity index (χ0) is 22.2. The van der Waals surface area contributed by atoms with Crippen LogP contribution in [0.2, 0.25) is 0 Å². The van der Waals surface area contributed by atoms with E-state index in [-0.39, 0.29) is 11.6 Å². The molecule has 31 heavy (non-hydrogen) atoms. The van der Waals surface area contributed by atoms with Crippen molar-refractivity contribution >= 4 is 33.7 Å². The summed E-state index contributed by atoms with van der Waals surface area (Å²) in [5.41, 5.74) is 13.9. The number of hydrogen-bond acceptors (Lipinski definition) is 7. The highest BCUT2D eigenvalue weighted by atomic mass is 19.4. The fraction of sp³-hybridized carbons (Fsp3) is 0.263. The number of nitrogens with two attached hydrogens (primary N) is 2. The second-order valence-electron chi connectivity index (χ2n) is 6.84. The molecule has 162 valence electrons. The molecule has 0 aliphatic carbocycles. The van der Waals surface area contributed by atoms with Gasteiger partial charge in [0.15, 0.2) is 5.65 Å². The number of halogens is 3. The number of fused-ring (bicyclic) bond motifs is 2. The van der Waals surface area contributed by atoms with Crippen LogP contribution < -0.4 is 16.2 Å². The Kier molecular flexibility index (Phi) is 5.23. The van der Waals surface area contributed by atoms with Crippen molar-refractivity contribution in [2.24, 2.45) is 5.73 Å². The molecule has 0 bridgehead atoms. The van der Waals surface area contributed by atoms with Crippen LogP contribution in [0.3, 0.4) is 0 Å². The van der Waals surface area contributed by atoms with E-state index in [1.807, 2.05) is 0 Å². The molecule has 0 spiro atoms. The highest BCUT2D eigenvalue weighted by Crippen LogP contribution is 2.33. The van der Waals surface area contributed by atoms with Gasteiger partial charge in [-0.25, -0.2) is 19.4 Å². The minimum atomic E-state index is -5.08. The third kappa shape index (κ3) is 4.01. The summed E-state index contributed by atoms with van der Waals surface area (Å²) in [7, 11) is 0. The Balaban J connectivity index is 1.74. The lowest BCUT2D eigenvalue weighted by molar-refractivity contribution is -0.189. The largest absolute Gasteiger partial charge is 0.491 e. The van der Waals surface area contributed by atoms with E-state index in [0.29, 0.717) is 46.4 Å². The molecule has 3 heterocycles. The van der Waals surface area contributed by atoms with Crippen molar-refractivity contribution in [1.82, 2.24) is 24.7 Å². The molecule has 0 amide bonds. The maximum atomic E-state index is 12.5. The lowest BCUT2D eigenvalue weighted by Gasteiger charge is -2.06. The fourth-order valence-corrected chi connectivity index (χ4v) is 3.25. The van der Waals surface area contributed by atoms with Gasteiger partial charge in [0.2, 0.25) is 0 Å². The first-order valence-corrected chi connectivity index (χ1v) is 9.37. The summed E-state index contributed by atoms with van der Waals surface area (Å²) < 4.78 is 43.5. The number of nitrogens with one attached hydrogen (secondary N) is 1.